The topological polar surface area (TPSA) is 52.9 Å². The Hall–Kier alpha value is -1.81. The van der Waals surface area contributed by atoms with E-state index in [0.29, 0.717) is 6.54 Å². The molecule has 0 aromatic heterocycles. The third-order valence-electron chi connectivity index (χ3n) is 2.41. The standard InChI is InChI=1S/C13H15ClN2O2/c1-10-3-5-11(6-4-10)8-16(9-14)12(7-15-2)13(17)18/h3-7H,2,8-9H2,1H3,(H,17,18)/b12-7-. The van der Waals surface area contributed by atoms with Crippen molar-refractivity contribution in [3.8, 4) is 0 Å². The Morgan fingerprint density at radius 3 is 2.56 bits per heavy atom. The van der Waals surface area contributed by atoms with Gasteiger partial charge in [-0.25, -0.2) is 4.79 Å². The van der Waals surface area contributed by atoms with Gasteiger partial charge < -0.3 is 10.0 Å². The van der Waals surface area contributed by atoms with Crippen LogP contribution in [0.3, 0.4) is 0 Å². The maximum Gasteiger partial charge on any atom is 0.353 e. The van der Waals surface area contributed by atoms with E-state index in [9.17, 15) is 4.79 Å². The van der Waals surface area contributed by atoms with E-state index in [4.69, 9.17) is 16.7 Å². The minimum atomic E-state index is -1.07. The predicted molar refractivity (Wildman–Crippen MR) is 72.7 cm³/mol. The van der Waals surface area contributed by atoms with Crippen LogP contribution in [-0.4, -0.2) is 28.7 Å². The Labute approximate surface area is 111 Å². The Morgan fingerprint density at radius 1 is 1.50 bits per heavy atom. The number of carboxylic acids is 1. The number of carboxylic acid groups (broad SMARTS) is 1. The summed E-state index contributed by atoms with van der Waals surface area (Å²) < 4.78 is 0. The molecule has 0 unspecified atom stereocenters. The van der Waals surface area contributed by atoms with Crippen LogP contribution in [0.4, 0.5) is 0 Å². The molecule has 0 bridgehead atoms. The molecule has 0 aliphatic carbocycles. The van der Waals surface area contributed by atoms with Crippen molar-refractivity contribution in [1.29, 1.82) is 0 Å². The zero-order valence-electron chi connectivity index (χ0n) is 10.1. The molecule has 96 valence electrons. The highest BCUT2D eigenvalue weighted by Crippen LogP contribution is 2.13. The summed E-state index contributed by atoms with van der Waals surface area (Å²) in [5.41, 5.74) is 2.16. The van der Waals surface area contributed by atoms with Crippen LogP contribution < -0.4 is 0 Å². The summed E-state index contributed by atoms with van der Waals surface area (Å²) in [5, 5.41) is 9.07. The van der Waals surface area contributed by atoms with E-state index in [1.165, 1.54) is 11.1 Å². The van der Waals surface area contributed by atoms with Crippen LogP contribution in [-0.2, 0) is 11.3 Å². The summed E-state index contributed by atoms with van der Waals surface area (Å²) in [4.78, 5) is 16.1. The molecule has 18 heavy (non-hydrogen) atoms. The number of hydrogen-bond donors (Lipinski definition) is 1. The summed E-state index contributed by atoms with van der Waals surface area (Å²) in [6.07, 6.45) is 1.19. The van der Waals surface area contributed by atoms with Crippen molar-refractivity contribution in [3.63, 3.8) is 0 Å². The van der Waals surface area contributed by atoms with Gasteiger partial charge in [0.25, 0.3) is 0 Å². The van der Waals surface area contributed by atoms with Gasteiger partial charge in [-0.3, -0.25) is 4.99 Å². The third-order valence-corrected chi connectivity index (χ3v) is 2.70. The molecule has 0 aliphatic rings. The average molecular weight is 267 g/mol. The molecule has 0 amide bonds. The summed E-state index contributed by atoms with van der Waals surface area (Å²) in [6.45, 7) is 5.67. The van der Waals surface area contributed by atoms with Gasteiger partial charge in [0.05, 0.1) is 12.2 Å². The largest absolute Gasteiger partial charge is 0.477 e. The molecule has 1 N–H and O–H groups in total. The number of nitrogens with zero attached hydrogens (tertiary/aromatic N) is 2. The number of benzene rings is 1. The van der Waals surface area contributed by atoms with Gasteiger partial charge in [0, 0.05) is 6.54 Å². The summed E-state index contributed by atoms with van der Waals surface area (Å²) >= 11 is 5.78. The van der Waals surface area contributed by atoms with Crippen molar-refractivity contribution in [2.24, 2.45) is 4.99 Å². The van der Waals surface area contributed by atoms with Crippen LogP contribution in [0.2, 0.25) is 0 Å². The first kappa shape index (κ1) is 14.3. The number of carbonyl (C=O) groups is 1. The molecule has 0 saturated heterocycles. The van der Waals surface area contributed by atoms with Gasteiger partial charge in [0.1, 0.15) is 5.70 Å². The molecule has 4 nitrogen and oxygen atoms in total. The van der Waals surface area contributed by atoms with Crippen LogP contribution in [0.25, 0.3) is 0 Å². The Balaban J connectivity index is 2.89. The van der Waals surface area contributed by atoms with Gasteiger partial charge in [-0.05, 0) is 19.2 Å². The lowest BCUT2D eigenvalue weighted by Gasteiger charge is -2.21. The maximum atomic E-state index is 11.1. The quantitative estimate of drug-likeness (QED) is 0.373. The van der Waals surface area contributed by atoms with Gasteiger partial charge in [0.2, 0.25) is 0 Å². The van der Waals surface area contributed by atoms with E-state index in [1.807, 2.05) is 31.2 Å². The van der Waals surface area contributed by atoms with E-state index in [-0.39, 0.29) is 11.7 Å². The average Bonchev–Trinajstić information content (AvgIpc) is 2.35. The molecule has 1 aromatic rings. The Kier molecular flexibility index (Phi) is 5.39. The lowest BCUT2D eigenvalue weighted by atomic mass is 10.1. The van der Waals surface area contributed by atoms with E-state index >= 15 is 0 Å². The fraction of sp³-hybridized carbons (Fsp3) is 0.231. The fourth-order valence-electron chi connectivity index (χ4n) is 1.46. The maximum absolute atomic E-state index is 11.1. The lowest BCUT2D eigenvalue weighted by Crippen LogP contribution is -2.26. The molecule has 0 radical (unpaired) electrons. The number of hydrogen-bond acceptors (Lipinski definition) is 3. The first-order valence-electron chi connectivity index (χ1n) is 5.34. The highest BCUT2D eigenvalue weighted by atomic mass is 35.5. The highest BCUT2D eigenvalue weighted by molar-refractivity contribution is 6.17. The summed E-state index contributed by atoms with van der Waals surface area (Å²) in [7, 11) is 0. The molecule has 0 saturated carbocycles. The van der Waals surface area contributed by atoms with Crippen LogP contribution in [0.1, 0.15) is 11.1 Å². The second-order valence-electron chi connectivity index (χ2n) is 3.81. The van der Waals surface area contributed by atoms with Crippen LogP contribution in [0.15, 0.2) is 41.2 Å². The second-order valence-corrected chi connectivity index (χ2v) is 4.04. The van der Waals surface area contributed by atoms with Crippen molar-refractivity contribution < 1.29 is 9.90 Å². The van der Waals surface area contributed by atoms with Gasteiger partial charge >= 0.3 is 5.97 Å². The summed E-state index contributed by atoms with van der Waals surface area (Å²) in [5.74, 6) is -1.07. The van der Waals surface area contributed by atoms with Gasteiger partial charge in [-0.15, -0.1) is 11.6 Å². The van der Waals surface area contributed by atoms with Crippen molar-refractivity contribution >= 4 is 24.3 Å². The van der Waals surface area contributed by atoms with Crippen molar-refractivity contribution in [1.82, 2.24) is 4.90 Å². The monoisotopic (exact) mass is 266 g/mol. The number of halogens is 1. The number of rotatable bonds is 6. The van der Waals surface area contributed by atoms with E-state index in [0.717, 1.165) is 11.1 Å². The highest BCUT2D eigenvalue weighted by Gasteiger charge is 2.15. The zero-order chi connectivity index (χ0) is 13.5. The second kappa shape index (κ2) is 6.81. The fourth-order valence-corrected chi connectivity index (χ4v) is 1.68. The Morgan fingerprint density at radius 2 is 2.11 bits per heavy atom. The first-order valence-corrected chi connectivity index (χ1v) is 5.87. The van der Waals surface area contributed by atoms with Crippen molar-refractivity contribution in [2.45, 2.75) is 13.5 Å². The van der Waals surface area contributed by atoms with E-state index in [1.54, 1.807) is 0 Å². The predicted octanol–water partition coefficient (Wildman–Crippen LogP) is 2.62. The zero-order valence-corrected chi connectivity index (χ0v) is 10.9. The smallest absolute Gasteiger partial charge is 0.353 e. The number of aryl methyl sites for hydroxylation is 1. The molecular formula is C13H15ClN2O2. The SMILES string of the molecule is C=N/C=C(/C(=O)O)N(CCl)Cc1ccc(C)cc1. The van der Waals surface area contributed by atoms with Gasteiger partial charge in [0.15, 0.2) is 0 Å². The van der Waals surface area contributed by atoms with E-state index in [2.05, 4.69) is 11.7 Å². The van der Waals surface area contributed by atoms with Crippen LogP contribution in [0.5, 0.6) is 0 Å². The molecular weight excluding hydrogens is 252 g/mol. The van der Waals surface area contributed by atoms with Crippen molar-refractivity contribution in [2.75, 3.05) is 6.00 Å². The summed E-state index contributed by atoms with van der Waals surface area (Å²) in [6, 6.07) is 7.89. The molecule has 0 heterocycles. The minimum Gasteiger partial charge on any atom is -0.477 e. The first-order chi connectivity index (χ1) is 8.58. The minimum absolute atomic E-state index is 0.0283. The van der Waals surface area contributed by atoms with Gasteiger partial charge in [-0.1, -0.05) is 29.8 Å². The number of aliphatic imine (C=N–C) groups is 1. The molecule has 5 heteroatoms. The number of aliphatic carboxylic acids is 1. The lowest BCUT2D eigenvalue weighted by molar-refractivity contribution is -0.134. The third kappa shape index (κ3) is 3.89. The normalized spacial score (nSPS) is 11.1. The van der Waals surface area contributed by atoms with Crippen molar-refractivity contribution in [3.05, 3.63) is 47.3 Å². The molecule has 0 fully saturated rings. The van der Waals surface area contributed by atoms with Crippen LogP contribution >= 0.6 is 11.6 Å². The molecule has 0 aliphatic heterocycles. The van der Waals surface area contributed by atoms with E-state index < -0.39 is 5.97 Å². The Bertz CT molecular complexity index is 455. The molecule has 1 rings (SSSR count). The van der Waals surface area contributed by atoms with Gasteiger partial charge in [-0.2, -0.15) is 0 Å². The van der Waals surface area contributed by atoms with Crippen LogP contribution in [0, 0.1) is 6.92 Å². The molecule has 0 spiro atoms. The number of alkyl halides is 1. The molecule has 0 atom stereocenters. The molecule has 1 aromatic carbocycles.